The van der Waals surface area contributed by atoms with Crippen LogP contribution in [0.4, 0.5) is 4.39 Å². The zero-order chi connectivity index (χ0) is 17.2. The minimum Gasteiger partial charge on any atom is -0.195 e. The average molecular weight is 325 g/mol. The standard InChI is InChI=1S/C22H28FN/c1-2-6-18-9-13-20(14-10-18)21-15-11-19(12-16-21)7-4-3-5-8-22(23)17-24/h3,5,8-10,13-14,19,21H,2,4,6-7,11-12,15-16H2,1H3. The summed E-state index contributed by atoms with van der Waals surface area (Å²) in [5.41, 5.74) is 2.95. The van der Waals surface area contributed by atoms with E-state index in [2.05, 4.69) is 31.2 Å². The first-order valence-electron chi connectivity index (χ1n) is 9.24. The van der Waals surface area contributed by atoms with E-state index in [-0.39, 0.29) is 0 Å². The van der Waals surface area contributed by atoms with Crippen molar-refractivity contribution < 1.29 is 4.39 Å². The van der Waals surface area contributed by atoms with E-state index in [1.807, 2.05) is 6.08 Å². The molecule has 0 bridgehead atoms. The first-order valence-corrected chi connectivity index (χ1v) is 9.24. The molecular formula is C22H28FN. The van der Waals surface area contributed by atoms with Gasteiger partial charge in [-0.2, -0.15) is 9.65 Å². The van der Waals surface area contributed by atoms with Crippen LogP contribution in [0, 0.1) is 17.2 Å². The summed E-state index contributed by atoms with van der Waals surface area (Å²) < 4.78 is 12.6. The smallest absolute Gasteiger partial charge is 0.195 e. The maximum absolute atomic E-state index is 12.6. The lowest BCUT2D eigenvalue weighted by atomic mass is 9.77. The van der Waals surface area contributed by atoms with Crippen LogP contribution in [0.5, 0.6) is 0 Å². The van der Waals surface area contributed by atoms with E-state index < -0.39 is 5.83 Å². The Balaban J connectivity index is 1.72. The zero-order valence-electron chi connectivity index (χ0n) is 14.7. The van der Waals surface area contributed by atoms with Gasteiger partial charge in [-0.05, 0) is 74.0 Å². The maximum atomic E-state index is 12.6. The lowest BCUT2D eigenvalue weighted by Crippen LogP contribution is -2.13. The molecule has 1 saturated carbocycles. The number of halogens is 1. The predicted molar refractivity (Wildman–Crippen MR) is 98.3 cm³/mol. The Hall–Kier alpha value is -1.88. The first-order chi connectivity index (χ1) is 11.7. The summed E-state index contributed by atoms with van der Waals surface area (Å²) in [6.07, 6.45) is 14.5. The molecule has 0 radical (unpaired) electrons. The maximum Gasteiger partial charge on any atom is 0.199 e. The second-order valence-corrected chi connectivity index (χ2v) is 6.84. The van der Waals surface area contributed by atoms with E-state index >= 15 is 0 Å². The van der Waals surface area contributed by atoms with Gasteiger partial charge in [0.15, 0.2) is 5.83 Å². The van der Waals surface area contributed by atoms with Gasteiger partial charge in [0.1, 0.15) is 6.07 Å². The number of hydrogen-bond acceptors (Lipinski definition) is 1. The average Bonchev–Trinajstić information content (AvgIpc) is 2.63. The van der Waals surface area contributed by atoms with Crippen molar-refractivity contribution in [3.63, 3.8) is 0 Å². The molecule has 0 spiro atoms. The van der Waals surface area contributed by atoms with Crippen LogP contribution in [0.2, 0.25) is 0 Å². The summed E-state index contributed by atoms with van der Waals surface area (Å²) in [6.45, 7) is 2.22. The molecule has 0 heterocycles. The van der Waals surface area contributed by atoms with Gasteiger partial charge >= 0.3 is 0 Å². The molecule has 128 valence electrons. The third-order valence-electron chi connectivity index (χ3n) is 5.06. The largest absolute Gasteiger partial charge is 0.199 e. The van der Waals surface area contributed by atoms with Crippen molar-refractivity contribution in [3.8, 4) is 6.07 Å². The number of nitriles is 1. The van der Waals surface area contributed by atoms with Gasteiger partial charge in [-0.15, -0.1) is 0 Å². The quantitative estimate of drug-likeness (QED) is 0.408. The highest BCUT2D eigenvalue weighted by atomic mass is 19.1. The molecule has 2 rings (SSSR count). The highest BCUT2D eigenvalue weighted by Gasteiger charge is 2.21. The SMILES string of the molecule is CCCc1ccc(C2CCC(CCC=CC=C(F)C#N)CC2)cc1. The molecule has 1 fully saturated rings. The van der Waals surface area contributed by atoms with Crippen molar-refractivity contribution >= 4 is 0 Å². The van der Waals surface area contributed by atoms with Crippen LogP contribution in [0.1, 0.15) is 68.9 Å². The van der Waals surface area contributed by atoms with Gasteiger partial charge < -0.3 is 0 Å². The molecule has 0 aliphatic heterocycles. The molecule has 0 unspecified atom stereocenters. The Bertz CT molecular complexity index is 583. The number of allylic oxidation sites excluding steroid dienone is 4. The Morgan fingerprint density at radius 1 is 1.21 bits per heavy atom. The van der Waals surface area contributed by atoms with Crippen molar-refractivity contribution in [3.05, 3.63) is 59.4 Å². The zero-order valence-corrected chi connectivity index (χ0v) is 14.7. The summed E-state index contributed by atoms with van der Waals surface area (Å²) >= 11 is 0. The first kappa shape index (κ1) is 18.5. The van der Waals surface area contributed by atoms with Crippen LogP contribution in [0.15, 0.2) is 48.3 Å². The Kier molecular flexibility index (Phi) is 7.75. The molecule has 1 nitrogen and oxygen atoms in total. The van der Waals surface area contributed by atoms with E-state index in [1.165, 1.54) is 68.2 Å². The number of rotatable bonds is 7. The summed E-state index contributed by atoms with van der Waals surface area (Å²) in [6, 6.07) is 10.7. The number of aryl methyl sites for hydroxylation is 1. The third-order valence-corrected chi connectivity index (χ3v) is 5.06. The highest BCUT2D eigenvalue weighted by Crippen LogP contribution is 2.37. The van der Waals surface area contributed by atoms with Gasteiger partial charge in [-0.3, -0.25) is 0 Å². The van der Waals surface area contributed by atoms with E-state index in [0.29, 0.717) is 0 Å². The van der Waals surface area contributed by atoms with E-state index in [1.54, 1.807) is 6.08 Å². The van der Waals surface area contributed by atoms with Gasteiger partial charge in [-0.25, -0.2) is 0 Å². The summed E-state index contributed by atoms with van der Waals surface area (Å²) in [4.78, 5) is 0. The molecule has 1 aromatic carbocycles. The lowest BCUT2D eigenvalue weighted by Gasteiger charge is -2.28. The highest BCUT2D eigenvalue weighted by molar-refractivity contribution is 5.26. The molecule has 24 heavy (non-hydrogen) atoms. The van der Waals surface area contributed by atoms with Crippen LogP contribution >= 0.6 is 0 Å². The number of nitrogens with zero attached hydrogens (tertiary/aromatic N) is 1. The Labute approximate surface area is 145 Å². The van der Waals surface area contributed by atoms with Crippen LogP contribution in [-0.2, 0) is 6.42 Å². The van der Waals surface area contributed by atoms with Gasteiger partial charge in [0.2, 0.25) is 0 Å². The van der Waals surface area contributed by atoms with E-state index in [4.69, 9.17) is 5.26 Å². The van der Waals surface area contributed by atoms with Crippen molar-refractivity contribution in [1.82, 2.24) is 0 Å². The van der Waals surface area contributed by atoms with Crippen LogP contribution in [-0.4, -0.2) is 0 Å². The van der Waals surface area contributed by atoms with Crippen molar-refractivity contribution in [1.29, 1.82) is 5.26 Å². The molecule has 1 aliphatic carbocycles. The van der Waals surface area contributed by atoms with Gasteiger partial charge in [0, 0.05) is 0 Å². The Morgan fingerprint density at radius 2 is 1.92 bits per heavy atom. The molecule has 1 aliphatic rings. The minimum absolute atomic E-state index is 0.722. The van der Waals surface area contributed by atoms with Gasteiger partial charge in [0.05, 0.1) is 0 Å². The minimum atomic E-state index is -0.725. The molecule has 0 atom stereocenters. The molecule has 2 heteroatoms. The topological polar surface area (TPSA) is 23.8 Å². The van der Waals surface area contributed by atoms with Crippen LogP contribution < -0.4 is 0 Å². The van der Waals surface area contributed by atoms with Crippen LogP contribution in [0.25, 0.3) is 0 Å². The second-order valence-electron chi connectivity index (χ2n) is 6.84. The third kappa shape index (κ3) is 5.96. The summed E-state index contributed by atoms with van der Waals surface area (Å²) in [5, 5.41) is 8.33. The van der Waals surface area contributed by atoms with Crippen molar-refractivity contribution in [2.24, 2.45) is 5.92 Å². The molecule has 0 aromatic heterocycles. The molecule has 1 aromatic rings. The van der Waals surface area contributed by atoms with Gasteiger partial charge in [-0.1, -0.05) is 49.8 Å². The van der Waals surface area contributed by atoms with E-state index in [0.717, 1.165) is 18.3 Å². The monoisotopic (exact) mass is 325 g/mol. The molecular weight excluding hydrogens is 297 g/mol. The number of benzene rings is 1. The molecule has 0 amide bonds. The van der Waals surface area contributed by atoms with Crippen molar-refractivity contribution in [2.75, 3.05) is 0 Å². The predicted octanol–water partition coefficient (Wildman–Crippen LogP) is 6.63. The summed E-state index contributed by atoms with van der Waals surface area (Å²) in [5.74, 6) is 0.784. The summed E-state index contributed by atoms with van der Waals surface area (Å²) in [7, 11) is 0. The fourth-order valence-corrected chi connectivity index (χ4v) is 3.65. The lowest BCUT2D eigenvalue weighted by molar-refractivity contribution is 0.312. The Morgan fingerprint density at radius 3 is 2.54 bits per heavy atom. The fraction of sp³-hybridized carbons (Fsp3) is 0.500. The molecule has 0 saturated heterocycles. The van der Waals surface area contributed by atoms with Gasteiger partial charge in [0.25, 0.3) is 0 Å². The second kappa shape index (κ2) is 10.1. The van der Waals surface area contributed by atoms with E-state index in [9.17, 15) is 4.39 Å². The van der Waals surface area contributed by atoms with Crippen molar-refractivity contribution in [2.45, 2.75) is 64.2 Å². The van der Waals surface area contributed by atoms with Crippen LogP contribution in [0.3, 0.4) is 0 Å². The molecule has 0 N–H and O–H groups in total. The normalized spacial score (nSPS) is 21.8. The number of hydrogen-bond donors (Lipinski definition) is 0. The fourth-order valence-electron chi connectivity index (χ4n) is 3.65.